The van der Waals surface area contributed by atoms with Gasteiger partial charge in [0.05, 0.1) is 11.6 Å². The largest absolute Gasteiger partial charge is 0.405 e. The number of carbonyl (C=O) groups excluding carboxylic acids is 1. The molecule has 0 spiro atoms. The minimum atomic E-state index is -4.53. The van der Waals surface area contributed by atoms with Crippen LogP contribution in [0, 0.1) is 5.41 Å². The second-order valence-electron chi connectivity index (χ2n) is 9.77. The fraction of sp³-hybridized carbons (Fsp3) is 0.458. The molecule has 180 valence electrons. The predicted molar refractivity (Wildman–Crippen MR) is 125 cm³/mol. The fourth-order valence-electron chi connectivity index (χ4n) is 4.60. The van der Waals surface area contributed by atoms with Crippen LogP contribution in [-0.4, -0.2) is 30.7 Å². The third kappa shape index (κ3) is 6.01. The summed E-state index contributed by atoms with van der Waals surface area (Å²) in [6.45, 7) is 4.71. The van der Waals surface area contributed by atoms with Crippen LogP contribution in [0.15, 0.2) is 48.5 Å². The SMILES string of the molecule is CC(C)(C)C[C@@H]1N[C@@H](C(=O)NCC(F)(F)F)[C@H](c2cccc(Cl)c2)[C@@]1(N)c1ccc(Cl)cc1. The number of carbonyl (C=O) groups is 1. The molecule has 0 bridgehead atoms. The third-order valence-corrected chi connectivity index (χ3v) is 6.41. The van der Waals surface area contributed by atoms with E-state index >= 15 is 0 Å². The molecule has 1 amide bonds. The van der Waals surface area contributed by atoms with Crippen molar-refractivity contribution in [2.45, 2.75) is 56.9 Å². The molecule has 1 heterocycles. The highest BCUT2D eigenvalue weighted by Gasteiger charge is 2.57. The Labute approximate surface area is 202 Å². The molecule has 2 aromatic carbocycles. The van der Waals surface area contributed by atoms with Crippen molar-refractivity contribution in [1.82, 2.24) is 10.6 Å². The van der Waals surface area contributed by atoms with Crippen molar-refractivity contribution in [2.24, 2.45) is 11.1 Å². The molecule has 0 aliphatic carbocycles. The van der Waals surface area contributed by atoms with Gasteiger partial charge in [-0.15, -0.1) is 0 Å². The minimum absolute atomic E-state index is 0.176. The summed E-state index contributed by atoms with van der Waals surface area (Å²) in [5, 5.41) is 6.27. The zero-order valence-corrected chi connectivity index (χ0v) is 20.2. The van der Waals surface area contributed by atoms with Crippen molar-refractivity contribution in [1.29, 1.82) is 0 Å². The van der Waals surface area contributed by atoms with Gasteiger partial charge in [0.15, 0.2) is 0 Å². The van der Waals surface area contributed by atoms with Crippen LogP contribution < -0.4 is 16.4 Å². The maximum Gasteiger partial charge on any atom is 0.405 e. The monoisotopic (exact) mass is 501 g/mol. The van der Waals surface area contributed by atoms with E-state index in [9.17, 15) is 18.0 Å². The number of amides is 1. The Kier molecular flexibility index (Phi) is 7.39. The van der Waals surface area contributed by atoms with Gasteiger partial charge in [-0.3, -0.25) is 4.79 Å². The van der Waals surface area contributed by atoms with Gasteiger partial charge in [-0.25, -0.2) is 0 Å². The van der Waals surface area contributed by atoms with E-state index in [-0.39, 0.29) is 5.41 Å². The first kappa shape index (κ1) is 25.8. The summed E-state index contributed by atoms with van der Waals surface area (Å²) in [5.74, 6) is -1.45. The molecule has 4 nitrogen and oxygen atoms in total. The standard InChI is InChI=1S/C24H28Cl2F3N3O/c1-22(2,3)12-18-24(30,15-7-9-16(25)10-8-15)19(14-5-4-6-17(26)11-14)20(32-18)21(33)31-13-23(27,28)29/h4-11,18-20,32H,12-13,30H2,1-3H3,(H,31,33)/t18-,19-,20+,24+/m0/s1. The van der Waals surface area contributed by atoms with Crippen LogP contribution in [0.2, 0.25) is 10.0 Å². The Balaban J connectivity index is 2.15. The van der Waals surface area contributed by atoms with Gasteiger partial charge in [0, 0.05) is 22.0 Å². The van der Waals surface area contributed by atoms with E-state index in [1.54, 1.807) is 48.5 Å². The van der Waals surface area contributed by atoms with Crippen molar-refractivity contribution >= 4 is 29.1 Å². The highest BCUT2D eigenvalue weighted by molar-refractivity contribution is 6.30. The number of rotatable bonds is 5. The summed E-state index contributed by atoms with van der Waals surface area (Å²) >= 11 is 12.3. The van der Waals surface area contributed by atoms with Crippen LogP contribution in [0.25, 0.3) is 0 Å². The highest BCUT2D eigenvalue weighted by Crippen LogP contribution is 2.48. The molecule has 0 aromatic heterocycles. The number of hydrogen-bond acceptors (Lipinski definition) is 3. The quantitative estimate of drug-likeness (QED) is 0.514. The number of hydrogen-bond donors (Lipinski definition) is 3. The smallest absolute Gasteiger partial charge is 0.346 e. The lowest BCUT2D eigenvalue weighted by molar-refractivity contribution is -0.139. The van der Waals surface area contributed by atoms with E-state index in [2.05, 4.69) is 5.32 Å². The lowest BCUT2D eigenvalue weighted by Crippen LogP contribution is -2.51. The molecule has 0 saturated carbocycles. The molecule has 1 aliphatic heterocycles. The normalized spacial score (nSPS) is 25.8. The summed E-state index contributed by atoms with van der Waals surface area (Å²) in [6, 6.07) is 12.5. The first-order valence-electron chi connectivity index (χ1n) is 10.6. The van der Waals surface area contributed by atoms with Crippen LogP contribution >= 0.6 is 23.2 Å². The molecule has 4 N–H and O–H groups in total. The molecule has 2 aromatic rings. The topological polar surface area (TPSA) is 67.2 Å². The van der Waals surface area contributed by atoms with Crippen molar-refractivity contribution < 1.29 is 18.0 Å². The Morgan fingerprint density at radius 2 is 1.73 bits per heavy atom. The van der Waals surface area contributed by atoms with E-state index in [0.29, 0.717) is 22.0 Å². The average Bonchev–Trinajstić information content (AvgIpc) is 2.98. The van der Waals surface area contributed by atoms with Gasteiger partial charge in [-0.05, 0) is 47.2 Å². The molecule has 1 saturated heterocycles. The van der Waals surface area contributed by atoms with Gasteiger partial charge in [-0.1, -0.05) is 68.2 Å². The molecule has 0 radical (unpaired) electrons. The van der Waals surface area contributed by atoms with Gasteiger partial charge >= 0.3 is 6.18 Å². The Hall–Kier alpha value is -1.80. The zero-order chi connectivity index (χ0) is 24.6. The summed E-state index contributed by atoms with van der Waals surface area (Å²) < 4.78 is 38.5. The number of nitrogens with two attached hydrogens (primary N) is 1. The molecule has 9 heteroatoms. The van der Waals surface area contributed by atoms with Crippen molar-refractivity contribution in [2.75, 3.05) is 6.54 Å². The van der Waals surface area contributed by atoms with E-state index in [0.717, 1.165) is 5.56 Å². The molecule has 3 rings (SSSR count). The van der Waals surface area contributed by atoms with Crippen LogP contribution in [0.5, 0.6) is 0 Å². The molecule has 4 atom stereocenters. The van der Waals surface area contributed by atoms with E-state index in [4.69, 9.17) is 28.9 Å². The molecular formula is C24H28Cl2F3N3O. The molecular weight excluding hydrogens is 474 g/mol. The van der Waals surface area contributed by atoms with Crippen LogP contribution in [-0.2, 0) is 10.3 Å². The molecule has 1 fully saturated rings. The second kappa shape index (κ2) is 9.45. The Bertz CT molecular complexity index is 992. The summed E-state index contributed by atoms with van der Waals surface area (Å²) in [4.78, 5) is 13.1. The lowest BCUT2D eigenvalue weighted by atomic mass is 9.68. The van der Waals surface area contributed by atoms with Crippen molar-refractivity contribution in [3.8, 4) is 0 Å². The lowest BCUT2D eigenvalue weighted by Gasteiger charge is -2.39. The maximum atomic E-state index is 13.1. The first-order valence-corrected chi connectivity index (χ1v) is 11.4. The Morgan fingerprint density at radius 1 is 1.09 bits per heavy atom. The van der Waals surface area contributed by atoms with Gasteiger partial charge < -0.3 is 16.4 Å². The minimum Gasteiger partial charge on any atom is -0.346 e. The first-order chi connectivity index (χ1) is 15.2. The summed E-state index contributed by atoms with van der Waals surface area (Å²) in [6.07, 6.45) is -3.95. The molecule has 1 aliphatic rings. The van der Waals surface area contributed by atoms with Crippen molar-refractivity contribution in [3.05, 3.63) is 69.7 Å². The van der Waals surface area contributed by atoms with Gasteiger partial charge in [-0.2, -0.15) is 13.2 Å². The van der Waals surface area contributed by atoms with E-state index < -0.39 is 42.2 Å². The number of nitrogens with one attached hydrogen (secondary N) is 2. The van der Waals surface area contributed by atoms with Gasteiger partial charge in [0.1, 0.15) is 6.54 Å². The van der Waals surface area contributed by atoms with Crippen LogP contribution in [0.1, 0.15) is 44.2 Å². The molecule has 0 unspecified atom stereocenters. The van der Waals surface area contributed by atoms with Crippen LogP contribution in [0.3, 0.4) is 0 Å². The number of benzene rings is 2. The van der Waals surface area contributed by atoms with E-state index in [1.165, 1.54) is 0 Å². The van der Waals surface area contributed by atoms with Crippen molar-refractivity contribution in [3.63, 3.8) is 0 Å². The zero-order valence-electron chi connectivity index (χ0n) is 18.6. The third-order valence-electron chi connectivity index (χ3n) is 5.92. The maximum absolute atomic E-state index is 13.1. The fourth-order valence-corrected chi connectivity index (χ4v) is 4.92. The second-order valence-corrected chi connectivity index (χ2v) is 10.6. The Morgan fingerprint density at radius 3 is 2.27 bits per heavy atom. The van der Waals surface area contributed by atoms with E-state index in [1.807, 2.05) is 26.1 Å². The van der Waals surface area contributed by atoms with Gasteiger partial charge in [0.2, 0.25) is 5.91 Å². The van der Waals surface area contributed by atoms with Gasteiger partial charge in [0.25, 0.3) is 0 Å². The molecule has 33 heavy (non-hydrogen) atoms. The predicted octanol–water partition coefficient (Wildman–Crippen LogP) is 5.39. The highest BCUT2D eigenvalue weighted by atomic mass is 35.5. The summed E-state index contributed by atoms with van der Waals surface area (Å²) in [5.41, 5.74) is 7.26. The van der Waals surface area contributed by atoms with Crippen LogP contribution in [0.4, 0.5) is 13.2 Å². The number of halogens is 5. The average molecular weight is 502 g/mol. The number of alkyl halides is 3. The summed E-state index contributed by atoms with van der Waals surface area (Å²) in [7, 11) is 0.